The summed E-state index contributed by atoms with van der Waals surface area (Å²) in [6, 6.07) is 0. The lowest BCUT2D eigenvalue weighted by molar-refractivity contribution is 1.91. The van der Waals surface area contributed by atoms with Crippen molar-refractivity contribution >= 4 is 44.7 Å². The summed E-state index contributed by atoms with van der Waals surface area (Å²) in [5.74, 6) is 0. The van der Waals surface area contributed by atoms with Gasteiger partial charge in [0.05, 0.1) is 4.20 Å². The van der Waals surface area contributed by atoms with Gasteiger partial charge in [-0.25, -0.2) is 0 Å². The summed E-state index contributed by atoms with van der Waals surface area (Å²) in [5.41, 5.74) is 5.10. The second-order valence-electron chi connectivity index (χ2n) is 0.913. The monoisotopic (exact) mass is 151 g/mol. The Kier molecular flexibility index (Phi) is 3.50. The zero-order chi connectivity index (χ0) is 5.86. The van der Waals surface area contributed by atoms with E-state index in [9.17, 15) is 0 Å². The van der Waals surface area contributed by atoms with Crippen LogP contribution in [0.1, 0.15) is 6.92 Å². The molecule has 0 heterocycles. The van der Waals surface area contributed by atoms with Crippen molar-refractivity contribution < 1.29 is 0 Å². The predicted molar refractivity (Wildman–Crippen MR) is 42.6 cm³/mol. The second-order valence-corrected chi connectivity index (χ2v) is 3.74. The highest BCUT2D eigenvalue weighted by Crippen LogP contribution is 2.01. The SMILES string of the molecule is CC(=S)SC(N)=S. The second kappa shape index (κ2) is 3.35. The minimum Gasteiger partial charge on any atom is -0.384 e. The first-order valence-electron chi connectivity index (χ1n) is 1.61. The fraction of sp³-hybridized carbons (Fsp3) is 0.333. The minimum absolute atomic E-state index is 0.396. The van der Waals surface area contributed by atoms with Crippen LogP contribution in [0.4, 0.5) is 0 Å². The minimum atomic E-state index is 0.396. The van der Waals surface area contributed by atoms with Gasteiger partial charge in [-0.05, 0) is 6.92 Å². The number of hydrogen-bond donors (Lipinski definition) is 1. The van der Waals surface area contributed by atoms with E-state index in [1.165, 1.54) is 11.8 Å². The van der Waals surface area contributed by atoms with Gasteiger partial charge in [0.2, 0.25) is 0 Å². The van der Waals surface area contributed by atoms with Crippen LogP contribution >= 0.6 is 36.2 Å². The molecule has 7 heavy (non-hydrogen) atoms. The van der Waals surface area contributed by atoms with Crippen LogP contribution in [0.2, 0.25) is 0 Å². The van der Waals surface area contributed by atoms with Crippen molar-refractivity contribution in [1.29, 1.82) is 0 Å². The molecule has 0 bridgehead atoms. The molecule has 40 valence electrons. The topological polar surface area (TPSA) is 26.0 Å². The molecule has 0 saturated carbocycles. The maximum atomic E-state index is 5.10. The zero-order valence-corrected chi connectivity index (χ0v) is 6.25. The van der Waals surface area contributed by atoms with Crippen molar-refractivity contribution in [3.8, 4) is 0 Å². The standard InChI is InChI=1S/C3H5NS3/c1-2(5)7-3(4)6/h1H3,(H2,4,6). The van der Waals surface area contributed by atoms with E-state index in [1.54, 1.807) is 6.92 Å². The molecule has 0 unspecified atom stereocenters. The summed E-state index contributed by atoms with van der Waals surface area (Å²) in [6.07, 6.45) is 0. The Morgan fingerprint density at radius 2 is 2.00 bits per heavy atom. The molecular weight excluding hydrogens is 146 g/mol. The molecule has 0 aliphatic carbocycles. The maximum Gasteiger partial charge on any atom is 0.136 e. The average molecular weight is 151 g/mol. The van der Waals surface area contributed by atoms with Crippen LogP contribution in [0.25, 0.3) is 0 Å². The molecule has 0 aliphatic rings. The van der Waals surface area contributed by atoms with Gasteiger partial charge in [-0.15, -0.1) is 0 Å². The third-order valence-corrected chi connectivity index (χ3v) is 1.23. The van der Waals surface area contributed by atoms with E-state index in [-0.39, 0.29) is 0 Å². The molecule has 0 aromatic heterocycles. The van der Waals surface area contributed by atoms with Gasteiger partial charge < -0.3 is 5.73 Å². The fourth-order valence-corrected chi connectivity index (χ4v) is 1.23. The Hall–Kier alpha value is 0.330. The third kappa shape index (κ3) is 6.33. The predicted octanol–water partition coefficient (Wildman–Crippen LogP) is 1.31. The number of hydrogen-bond acceptors (Lipinski definition) is 3. The molecule has 0 rings (SSSR count). The van der Waals surface area contributed by atoms with Crippen molar-refractivity contribution in [2.45, 2.75) is 6.92 Å². The Balaban J connectivity index is 3.32. The van der Waals surface area contributed by atoms with Gasteiger partial charge >= 0.3 is 0 Å². The van der Waals surface area contributed by atoms with Gasteiger partial charge in [0.1, 0.15) is 4.32 Å². The summed E-state index contributed by atoms with van der Waals surface area (Å²) in [7, 11) is 0. The van der Waals surface area contributed by atoms with E-state index in [4.69, 9.17) is 5.73 Å². The van der Waals surface area contributed by atoms with Crippen LogP contribution in [0, 0.1) is 0 Å². The zero-order valence-electron chi connectivity index (χ0n) is 3.80. The molecular formula is C3H5NS3. The van der Waals surface area contributed by atoms with Crippen molar-refractivity contribution in [2.24, 2.45) is 5.73 Å². The van der Waals surface area contributed by atoms with E-state index in [0.29, 0.717) is 4.32 Å². The van der Waals surface area contributed by atoms with Gasteiger partial charge in [0, 0.05) is 0 Å². The molecule has 0 saturated heterocycles. The lowest BCUT2D eigenvalue weighted by Gasteiger charge is -1.88. The van der Waals surface area contributed by atoms with E-state index in [0.717, 1.165) is 4.20 Å². The van der Waals surface area contributed by atoms with Gasteiger partial charge in [0.15, 0.2) is 0 Å². The summed E-state index contributed by atoms with van der Waals surface area (Å²) in [6.45, 7) is 1.79. The largest absolute Gasteiger partial charge is 0.384 e. The van der Waals surface area contributed by atoms with Gasteiger partial charge in [-0.1, -0.05) is 36.2 Å². The lowest BCUT2D eigenvalue weighted by Crippen LogP contribution is -2.02. The Morgan fingerprint density at radius 3 is 2.00 bits per heavy atom. The highest BCUT2D eigenvalue weighted by atomic mass is 32.2. The van der Waals surface area contributed by atoms with Crippen LogP contribution < -0.4 is 5.73 Å². The third-order valence-electron chi connectivity index (χ3n) is 0.244. The van der Waals surface area contributed by atoms with Crippen LogP contribution in [0.3, 0.4) is 0 Å². The van der Waals surface area contributed by atoms with Crippen LogP contribution in [-0.4, -0.2) is 8.52 Å². The highest BCUT2D eigenvalue weighted by Gasteiger charge is 1.88. The Labute approximate surface area is 57.6 Å². The van der Waals surface area contributed by atoms with E-state index in [2.05, 4.69) is 24.4 Å². The molecule has 0 aromatic carbocycles. The van der Waals surface area contributed by atoms with Gasteiger partial charge in [-0.3, -0.25) is 0 Å². The highest BCUT2D eigenvalue weighted by molar-refractivity contribution is 8.37. The molecule has 0 aliphatic heterocycles. The molecule has 1 nitrogen and oxygen atoms in total. The van der Waals surface area contributed by atoms with E-state index in [1.807, 2.05) is 0 Å². The quantitative estimate of drug-likeness (QED) is 0.528. The smallest absolute Gasteiger partial charge is 0.136 e. The summed E-state index contributed by atoms with van der Waals surface area (Å²) < 4.78 is 1.17. The van der Waals surface area contributed by atoms with Crippen LogP contribution in [0.5, 0.6) is 0 Å². The molecule has 0 spiro atoms. The Morgan fingerprint density at radius 1 is 1.57 bits per heavy atom. The van der Waals surface area contributed by atoms with Crippen molar-refractivity contribution in [3.63, 3.8) is 0 Å². The summed E-state index contributed by atoms with van der Waals surface area (Å²) >= 11 is 10.4. The molecule has 0 atom stereocenters. The lowest BCUT2D eigenvalue weighted by atomic mass is 11.0. The number of nitrogens with two attached hydrogens (primary N) is 1. The molecule has 0 fully saturated rings. The number of thiocarbonyl (C=S) groups is 2. The number of thioether (sulfide) groups is 1. The maximum absolute atomic E-state index is 5.10. The summed E-state index contributed by atoms with van der Waals surface area (Å²) in [4.78, 5) is 0. The fourth-order valence-electron chi connectivity index (χ4n) is 0.142. The van der Waals surface area contributed by atoms with Gasteiger partial charge in [0.25, 0.3) is 0 Å². The normalized spacial score (nSPS) is 8.14. The Bertz CT molecular complexity index is 86.4. The van der Waals surface area contributed by atoms with Crippen LogP contribution in [0.15, 0.2) is 0 Å². The van der Waals surface area contributed by atoms with E-state index >= 15 is 0 Å². The molecule has 0 radical (unpaired) electrons. The first-order valence-corrected chi connectivity index (χ1v) is 3.24. The van der Waals surface area contributed by atoms with Gasteiger partial charge in [-0.2, -0.15) is 0 Å². The molecule has 0 aromatic rings. The van der Waals surface area contributed by atoms with Crippen molar-refractivity contribution in [2.75, 3.05) is 0 Å². The number of rotatable bonds is 0. The first-order chi connectivity index (χ1) is 3.13. The first kappa shape index (κ1) is 7.33. The molecule has 0 amide bonds. The average Bonchev–Trinajstić information content (AvgIpc) is 1.27. The van der Waals surface area contributed by atoms with E-state index < -0.39 is 0 Å². The molecule has 4 heteroatoms. The summed E-state index contributed by atoms with van der Waals surface area (Å²) in [5, 5.41) is 0. The molecule has 2 N–H and O–H groups in total. The van der Waals surface area contributed by atoms with Crippen molar-refractivity contribution in [3.05, 3.63) is 0 Å². The van der Waals surface area contributed by atoms with Crippen LogP contribution in [-0.2, 0) is 0 Å². The van der Waals surface area contributed by atoms with Crippen molar-refractivity contribution in [1.82, 2.24) is 0 Å².